The summed E-state index contributed by atoms with van der Waals surface area (Å²) in [4.78, 5) is 20.4. The fourth-order valence-corrected chi connectivity index (χ4v) is 2.24. The van der Waals surface area contributed by atoms with Gasteiger partial charge in [0.1, 0.15) is 5.69 Å². The lowest BCUT2D eigenvalue weighted by molar-refractivity contribution is 0.0946. The van der Waals surface area contributed by atoms with Crippen LogP contribution >= 0.6 is 0 Å². The van der Waals surface area contributed by atoms with Crippen molar-refractivity contribution in [1.29, 1.82) is 0 Å². The molecule has 2 aromatic heterocycles. The highest BCUT2D eigenvalue weighted by molar-refractivity contribution is 5.93. The molecular weight excluding hydrogens is 300 g/mol. The quantitative estimate of drug-likeness (QED) is 0.733. The number of rotatable bonds is 6. The fourth-order valence-electron chi connectivity index (χ4n) is 2.24. The number of anilines is 1. The Kier molecular flexibility index (Phi) is 5.14. The van der Waals surface area contributed by atoms with Crippen molar-refractivity contribution in [2.45, 2.75) is 13.1 Å². The maximum Gasteiger partial charge on any atom is 0.270 e. The molecule has 1 aromatic carbocycles. The second kappa shape index (κ2) is 7.87. The van der Waals surface area contributed by atoms with Crippen molar-refractivity contribution in [3.05, 3.63) is 90.0 Å². The maximum atomic E-state index is 12.2. The number of hydrogen-bond donors (Lipinski definition) is 2. The van der Waals surface area contributed by atoms with Crippen molar-refractivity contribution >= 4 is 11.6 Å². The zero-order valence-electron chi connectivity index (χ0n) is 13.1. The van der Waals surface area contributed by atoms with Crippen LogP contribution < -0.4 is 10.6 Å². The summed E-state index contributed by atoms with van der Waals surface area (Å²) >= 11 is 0. The van der Waals surface area contributed by atoms with Crippen molar-refractivity contribution in [3.8, 4) is 0 Å². The minimum absolute atomic E-state index is 0.206. The topological polar surface area (TPSA) is 66.9 Å². The van der Waals surface area contributed by atoms with Gasteiger partial charge in [-0.15, -0.1) is 0 Å². The molecule has 0 aliphatic rings. The molecule has 24 heavy (non-hydrogen) atoms. The number of aromatic nitrogens is 2. The summed E-state index contributed by atoms with van der Waals surface area (Å²) in [5.74, 6) is -0.206. The smallest absolute Gasteiger partial charge is 0.270 e. The van der Waals surface area contributed by atoms with Crippen molar-refractivity contribution in [3.63, 3.8) is 0 Å². The summed E-state index contributed by atoms with van der Waals surface area (Å²) in [6, 6.07) is 17.4. The van der Waals surface area contributed by atoms with Crippen LogP contribution in [-0.2, 0) is 13.1 Å². The lowest BCUT2D eigenvalue weighted by Crippen LogP contribution is -2.23. The molecule has 0 aliphatic heterocycles. The zero-order valence-corrected chi connectivity index (χ0v) is 13.1. The Labute approximate surface area is 140 Å². The van der Waals surface area contributed by atoms with Crippen LogP contribution in [0.3, 0.4) is 0 Å². The first-order chi connectivity index (χ1) is 11.8. The van der Waals surface area contributed by atoms with E-state index in [0.29, 0.717) is 18.8 Å². The fraction of sp³-hybridized carbons (Fsp3) is 0.105. The van der Waals surface area contributed by atoms with E-state index >= 15 is 0 Å². The molecule has 5 nitrogen and oxygen atoms in total. The van der Waals surface area contributed by atoms with Gasteiger partial charge in [-0.05, 0) is 29.3 Å². The largest absolute Gasteiger partial charge is 0.381 e. The van der Waals surface area contributed by atoms with E-state index in [4.69, 9.17) is 0 Å². The molecule has 0 atom stereocenters. The third-order valence-electron chi connectivity index (χ3n) is 3.51. The van der Waals surface area contributed by atoms with E-state index in [9.17, 15) is 4.79 Å². The normalized spacial score (nSPS) is 10.2. The van der Waals surface area contributed by atoms with Gasteiger partial charge in [0.15, 0.2) is 0 Å². The lowest BCUT2D eigenvalue weighted by atomic mass is 10.2. The Bertz CT molecular complexity index is 791. The first kappa shape index (κ1) is 15.7. The third-order valence-corrected chi connectivity index (χ3v) is 3.51. The molecule has 0 unspecified atom stereocenters. The van der Waals surface area contributed by atoms with Crippen molar-refractivity contribution in [2.75, 3.05) is 5.32 Å². The van der Waals surface area contributed by atoms with E-state index in [1.807, 2.05) is 36.4 Å². The van der Waals surface area contributed by atoms with Crippen LogP contribution in [0.5, 0.6) is 0 Å². The molecule has 120 valence electrons. The van der Waals surface area contributed by atoms with Gasteiger partial charge in [0.05, 0.1) is 0 Å². The molecule has 5 heteroatoms. The van der Waals surface area contributed by atoms with Gasteiger partial charge in [-0.1, -0.05) is 36.4 Å². The van der Waals surface area contributed by atoms with E-state index < -0.39 is 0 Å². The van der Waals surface area contributed by atoms with Crippen LogP contribution in [-0.4, -0.2) is 15.9 Å². The Morgan fingerprint density at radius 2 is 1.75 bits per heavy atom. The van der Waals surface area contributed by atoms with Gasteiger partial charge in [0.2, 0.25) is 0 Å². The average Bonchev–Trinajstić information content (AvgIpc) is 2.66. The van der Waals surface area contributed by atoms with Crippen LogP contribution in [0.25, 0.3) is 0 Å². The zero-order chi connectivity index (χ0) is 16.6. The molecule has 0 saturated carbocycles. The van der Waals surface area contributed by atoms with Crippen LogP contribution in [0.1, 0.15) is 21.6 Å². The van der Waals surface area contributed by atoms with E-state index in [1.165, 1.54) is 5.56 Å². The predicted octanol–water partition coefficient (Wildman–Crippen LogP) is 3.02. The first-order valence-electron chi connectivity index (χ1n) is 7.72. The molecule has 0 fully saturated rings. The Morgan fingerprint density at radius 1 is 0.917 bits per heavy atom. The molecule has 3 aromatic rings. The van der Waals surface area contributed by atoms with Gasteiger partial charge in [-0.25, -0.2) is 0 Å². The first-order valence-corrected chi connectivity index (χ1v) is 7.72. The number of pyridine rings is 2. The Hall–Kier alpha value is -3.21. The number of nitrogens with zero attached hydrogens (tertiary/aromatic N) is 2. The Balaban J connectivity index is 1.59. The SMILES string of the molecule is O=C(NCc1cccnc1)c1cc(NCc2ccccc2)ccn1. The molecular formula is C19H18N4O. The molecule has 0 spiro atoms. The van der Waals surface area contributed by atoms with Gasteiger partial charge in [-0.2, -0.15) is 0 Å². The van der Waals surface area contributed by atoms with Gasteiger partial charge in [0, 0.05) is 37.4 Å². The van der Waals surface area contributed by atoms with Gasteiger partial charge < -0.3 is 10.6 Å². The van der Waals surface area contributed by atoms with E-state index in [0.717, 1.165) is 11.3 Å². The van der Waals surface area contributed by atoms with Gasteiger partial charge in [0.25, 0.3) is 5.91 Å². The number of hydrogen-bond acceptors (Lipinski definition) is 4. The molecule has 0 saturated heterocycles. The number of benzene rings is 1. The summed E-state index contributed by atoms with van der Waals surface area (Å²) in [6.07, 6.45) is 5.06. The monoisotopic (exact) mass is 318 g/mol. The van der Waals surface area contributed by atoms with Crippen LogP contribution in [0, 0.1) is 0 Å². The molecule has 3 rings (SSSR count). The second-order valence-electron chi connectivity index (χ2n) is 5.31. The number of nitrogens with one attached hydrogen (secondary N) is 2. The van der Waals surface area contributed by atoms with Crippen molar-refractivity contribution in [2.24, 2.45) is 0 Å². The predicted molar refractivity (Wildman–Crippen MR) is 93.4 cm³/mol. The van der Waals surface area contributed by atoms with E-state index in [-0.39, 0.29) is 5.91 Å². The van der Waals surface area contributed by atoms with Crippen LogP contribution in [0.4, 0.5) is 5.69 Å². The van der Waals surface area contributed by atoms with Crippen LogP contribution in [0.2, 0.25) is 0 Å². The molecule has 2 heterocycles. The summed E-state index contributed by atoms with van der Waals surface area (Å²) in [6.45, 7) is 1.12. The third kappa shape index (κ3) is 4.39. The minimum atomic E-state index is -0.206. The Morgan fingerprint density at radius 3 is 2.54 bits per heavy atom. The standard InChI is InChI=1S/C19H18N4O/c24-19(23-14-16-7-4-9-20-12-16)18-11-17(8-10-21-18)22-13-15-5-2-1-3-6-15/h1-12H,13-14H2,(H,21,22)(H,23,24). The summed E-state index contributed by atoms with van der Waals surface area (Å²) in [7, 11) is 0. The second-order valence-corrected chi connectivity index (χ2v) is 5.31. The summed E-state index contributed by atoms with van der Waals surface area (Å²) < 4.78 is 0. The van der Waals surface area contributed by atoms with Gasteiger partial charge in [-0.3, -0.25) is 14.8 Å². The highest BCUT2D eigenvalue weighted by Gasteiger charge is 2.07. The lowest BCUT2D eigenvalue weighted by Gasteiger charge is -2.08. The minimum Gasteiger partial charge on any atom is -0.381 e. The molecule has 0 aliphatic carbocycles. The van der Waals surface area contributed by atoms with Gasteiger partial charge >= 0.3 is 0 Å². The van der Waals surface area contributed by atoms with E-state index in [1.54, 1.807) is 24.7 Å². The average molecular weight is 318 g/mol. The van der Waals surface area contributed by atoms with Crippen LogP contribution in [0.15, 0.2) is 73.2 Å². The number of amides is 1. The summed E-state index contributed by atoms with van der Waals surface area (Å²) in [5, 5.41) is 6.15. The van der Waals surface area contributed by atoms with E-state index in [2.05, 4.69) is 32.7 Å². The summed E-state index contributed by atoms with van der Waals surface area (Å²) in [5.41, 5.74) is 3.37. The van der Waals surface area contributed by atoms with Crippen molar-refractivity contribution < 1.29 is 4.79 Å². The molecule has 0 bridgehead atoms. The highest BCUT2D eigenvalue weighted by atomic mass is 16.1. The molecule has 2 N–H and O–H groups in total. The number of carbonyl (C=O) groups is 1. The number of carbonyl (C=O) groups excluding carboxylic acids is 1. The van der Waals surface area contributed by atoms with Crippen molar-refractivity contribution in [1.82, 2.24) is 15.3 Å². The molecule has 1 amide bonds. The maximum absolute atomic E-state index is 12.2. The molecule has 0 radical (unpaired) electrons. The highest BCUT2D eigenvalue weighted by Crippen LogP contribution is 2.10.